The maximum absolute atomic E-state index is 13.1. The smallest absolute Gasteiger partial charge is 0.228 e. The second-order valence-electron chi connectivity index (χ2n) is 7.33. The minimum absolute atomic E-state index is 0.0225. The van der Waals surface area contributed by atoms with E-state index in [2.05, 4.69) is 20.0 Å². The van der Waals surface area contributed by atoms with Gasteiger partial charge in [0.15, 0.2) is 0 Å². The fraction of sp³-hybridized carbons (Fsp3) is 0.556. The van der Waals surface area contributed by atoms with E-state index >= 15 is 0 Å². The van der Waals surface area contributed by atoms with E-state index in [9.17, 15) is 4.79 Å². The molecule has 0 spiro atoms. The molecule has 2 aromatic heterocycles. The van der Waals surface area contributed by atoms with Gasteiger partial charge >= 0.3 is 0 Å². The Labute approximate surface area is 152 Å². The standard InChI is InChI=1S/C18H24N6O2/c1-10-6-16(21-18(19)20-10)23-7-13-4-5-14(8-23)24(17(13)25)9-15-11(2)22-26-12(15)3/h6,13-14H,4-5,7-9H2,1-3H3,(H2,19,20,21)/t13-,14+/m1/s1. The van der Waals surface area contributed by atoms with E-state index in [1.807, 2.05) is 31.7 Å². The molecule has 3 fully saturated rings. The summed E-state index contributed by atoms with van der Waals surface area (Å²) in [6.45, 7) is 7.70. The predicted octanol–water partition coefficient (Wildman–Crippen LogP) is 1.60. The molecule has 0 aromatic carbocycles. The van der Waals surface area contributed by atoms with Crippen molar-refractivity contribution in [1.29, 1.82) is 0 Å². The number of hydrogen-bond donors (Lipinski definition) is 1. The molecule has 2 N–H and O–H groups in total. The van der Waals surface area contributed by atoms with E-state index in [0.29, 0.717) is 13.1 Å². The molecule has 2 bridgehead atoms. The van der Waals surface area contributed by atoms with E-state index in [-0.39, 0.29) is 23.8 Å². The number of aryl methyl sites for hydroxylation is 3. The van der Waals surface area contributed by atoms with Crippen molar-refractivity contribution in [3.63, 3.8) is 0 Å². The normalized spacial score (nSPS) is 22.8. The summed E-state index contributed by atoms with van der Waals surface area (Å²) in [6.07, 6.45) is 1.91. The quantitative estimate of drug-likeness (QED) is 0.891. The Kier molecular flexibility index (Phi) is 4.05. The first-order chi connectivity index (χ1) is 12.4. The maximum atomic E-state index is 13.1. The zero-order valence-corrected chi connectivity index (χ0v) is 15.4. The second kappa shape index (κ2) is 6.26. The molecule has 1 amide bonds. The molecule has 3 saturated heterocycles. The summed E-state index contributed by atoms with van der Waals surface area (Å²) in [4.78, 5) is 25.8. The number of anilines is 2. The van der Waals surface area contributed by atoms with Gasteiger partial charge in [0, 0.05) is 36.5 Å². The van der Waals surface area contributed by atoms with Crippen molar-refractivity contribution < 1.29 is 9.32 Å². The molecule has 0 radical (unpaired) electrons. The van der Waals surface area contributed by atoms with Crippen LogP contribution in [0.4, 0.5) is 11.8 Å². The summed E-state index contributed by atoms with van der Waals surface area (Å²) in [5.41, 5.74) is 8.53. The third-order valence-electron chi connectivity index (χ3n) is 5.49. The minimum Gasteiger partial charge on any atom is -0.368 e. The van der Waals surface area contributed by atoms with Crippen molar-refractivity contribution in [2.24, 2.45) is 5.92 Å². The van der Waals surface area contributed by atoms with Crippen LogP contribution in [0.15, 0.2) is 10.6 Å². The number of carbonyl (C=O) groups is 1. The van der Waals surface area contributed by atoms with Crippen LogP contribution in [-0.4, -0.2) is 45.1 Å². The summed E-state index contributed by atoms with van der Waals surface area (Å²) in [7, 11) is 0. The predicted molar refractivity (Wildman–Crippen MR) is 96.4 cm³/mol. The second-order valence-corrected chi connectivity index (χ2v) is 7.33. The fourth-order valence-corrected chi connectivity index (χ4v) is 4.07. The van der Waals surface area contributed by atoms with Gasteiger partial charge in [0.1, 0.15) is 11.6 Å². The van der Waals surface area contributed by atoms with Crippen LogP contribution < -0.4 is 10.6 Å². The highest BCUT2D eigenvalue weighted by molar-refractivity contribution is 5.81. The molecule has 138 valence electrons. The lowest BCUT2D eigenvalue weighted by molar-refractivity contribution is -0.140. The lowest BCUT2D eigenvalue weighted by atomic mass is 9.93. The number of nitrogen functional groups attached to an aromatic ring is 1. The zero-order chi connectivity index (χ0) is 18.4. The number of hydrogen-bond acceptors (Lipinski definition) is 7. The molecule has 2 atom stereocenters. The molecule has 5 heterocycles. The number of amides is 1. The molecule has 8 nitrogen and oxygen atoms in total. The van der Waals surface area contributed by atoms with Gasteiger partial charge in [-0.15, -0.1) is 0 Å². The van der Waals surface area contributed by atoms with Crippen LogP contribution in [0.3, 0.4) is 0 Å². The Morgan fingerprint density at radius 1 is 1.23 bits per heavy atom. The molecule has 0 aliphatic carbocycles. The van der Waals surface area contributed by atoms with Crippen LogP contribution in [-0.2, 0) is 11.3 Å². The van der Waals surface area contributed by atoms with E-state index in [0.717, 1.165) is 47.9 Å². The van der Waals surface area contributed by atoms with E-state index in [4.69, 9.17) is 10.3 Å². The molecule has 0 saturated carbocycles. The van der Waals surface area contributed by atoms with Crippen molar-refractivity contribution in [1.82, 2.24) is 20.0 Å². The number of fused-ring (bicyclic) bond motifs is 4. The molecule has 2 aromatic rings. The maximum Gasteiger partial charge on any atom is 0.228 e. The van der Waals surface area contributed by atoms with Gasteiger partial charge in [0.25, 0.3) is 0 Å². The summed E-state index contributed by atoms with van der Waals surface area (Å²) in [5.74, 6) is 2.05. The van der Waals surface area contributed by atoms with Crippen LogP contribution in [0.5, 0.6) is 0 Å². The summed E-state index contributed by atoms with van der Waals surface area (Å²) in [6, 6.07) is 2.08. The van der Waals surface area contributed by atoms with Gasteiger partial charge in [-0.1, -0.05) is 5.16 Å². The van der Waals surface area contributed by atoms with Crippen molar-refractivity contribution in [2.75, 3.05) is 23.7 Å². The fourth-order valence-electron chi connectivity index (χ4n) is 4.07. The van der Waals surface area contributed by atoms with Gasteiger partial charge in [-0.3, -0.25) is 4.79 Å². The van der Waals surface area contributed by atoms with Gasteiger partial charge in [-0.05, 0) is 33.6 Å². The van der Waals surface area contributed by atoms with Crippen LogP contribution in [0.1, 0.15) is 35.6 Å². The van der Waals surface area contributed by atoms with E-state index in [1.54, 1.807) is 0 Å². The molecular weight excluding hydrogens is 332 g/mol. The van der Waals surface area contributed by atoms with Gasteiger partial charge in [0.2, 0.25) is 11.9 Å². The van der Waals surface area contributed by atoms with E-state index in [1.165, 1.54) is 0 Å². The topological polar surface area (TPSA) is 101 Å². The van der Waals surface area contributed by atoms with Crippen molar-refractivity contribution in [3.05, 3.63) is 28.8 Å². The van der Waals surface area contributed by atoms with Gasteiger partial charge < -0.3 is 20.1 Å². The number of piperidine rings is 1. The lowest BCUT2D eigenvalue weighted by Gasteiger charge is -2.35. The van der Waals surface area contributed by atoms with Crippen molar-refractivity contribution in [2.45, 2.75) is 46.2 Å². The highest BCUT2D eigenvalue weighted by Crippen LogP contribution is 2.33. The molecule has 26 heavy (non-hydrogen) atoms. The van der Waals surface area contributed by atoms with Gasteiger partial charge in [-0.2, -0.15) is 4.98 Å². The number of aromatic nitrogens is 3. The largest absolute Gasteiger partial charge is 0.368 e. The Bertz CT molecular complexity index is 808. The minimum atomic E-state index is -0.0225. The zero-order valence-electron chi connectivity index (χ0n) is 15.4. The first-order valence-electron chi connectivity index (χ1n) is 9.00. The van der Waals surface area contributed by atoms with Crippen LogP contribution >= 0.6 is 0 Å². The third kappa shape index (κ3) is 2.89. The first-order valence-corrected chi connectivity index (χ1v) is 9.00. The molecule has 3 aliphatic rings. The summed E-state index contributed by atoms with van der Waals surface area (Å²) < 4.78 is 5.27. The van der Waals surface area contributed by atoms with Crippen molar-refractivity contribution in [3.8, 4) is 0 Å². The molecular formula is C18H24N6O2. The van der Waals surface area contributed by atoms with E-state index < -0.39 is 0 Å². The third-order valence-corrected chi connectivity index (χ3v) is 5.49. The monoisotopic (exact) mass is 356 g/mol. The average Bonchev–Trinajstić information content (AvgIpc) is 2.77. The molecule has 0 unspecified atom stereocenters. The van der Waals surface area contributed by atoms with Crippen LogP contribution in [0, 0.1) is 26.7 Å². The Morgan fingerprint density at radius 3 is 2.73 bits per heavy atom. The number of nitrogens with two attached hydrogens (primary N) is 1. The molecule has 8 heteroatoms. The Balaban J connectivity index is 1.62. The Morgan fingerprint density at radius 2 is 2.04 bits per heavy atom. The molecule has 5 rings (SSSR count). The van der Waals surface area contributed by atoms with Crippen LogP contribution in [0.2, 0.25) is 0 Å². The van der Waals surface area contributed by atoms with Gasteiger partial charge in [-0.25, -0.2) is 4.98 Å². The number of carbonyl (C=O) groups excluding carboxylic acids is 1. The highest BCUT2D eigenvalue weighted by atomic mass is 16.5. The van der Waals surface area contributed by atoms with Crippen LogP contribution in [0.25, 0.3) is 0 Å². The molecule has 3 aliphatic heterocycles. The highest BCUT2D eigenvalue weighted by Gasteiger charge is 2.41. The lowest BCUT2D eigenvalue weighted by Crippen LogP contribution is -2.47. The summed E-state index contributed by atoms with van der Waals surface area (Å²) in [5, 5.41) is 4.02. The average molecular weight is 356 g/mol. The summed E-state index contributed by atoms with van der Waals surface area (Å²) >= 11 is 0. The Hall–Kier alpha value is -2.64. The van der Waals surface area contributed by atoms with Gasteiger partial charge in [0.05, 0.1) is 18.2 Å². The van der Waals surface area contributed by atoms with Crippen molar-refractivity contribution >= 4 is 17.7 Å². The first kappa shape index (κ1) is 16.8. The number of rotatable bonds is 3. The SMILES string of the molecule is Cc1cc(N2C[C@H]3CC[C@@H](C2)N(Cc2c(C)noc2C)C3=O)nc(N)n1. The number of nitrogens with zero attached hydrogens (tertiary/aromatic N) is 5.